The van der Waals surface area contributed by atoms with Crippen LogP contribution in [0.1, 0.15) is 5.82 Å². The lowest BCUT2D eigenvalue weighted by Gasteiger charge is -2.04. The van der Waals surface area contributed by atoms with E-state index in [1.165, 1.54) is 18.7 Å². The van der Waals surface area contributed by atoms with Crippen LogP contribution in [0.4, 0.5) is 10.2 Å². The predicted molar refractivity (Wildman–Crippen MR) is 81.8 cm³/mol. The molecule has 0 aliphatic carbocycles. The minimum atomic E-state index is -0.370. The van der Waals surface area contributed by atoms with Crippen LogP contribution in [0, 0.1) is 18.2 Å². The quantitative estimate of drug-likeness (QED) is 0.571. The number of aryl methyl sites for hydroxylation is 1. The first-order chi connectivity index (χ1) is 10.7. The summed E-state index contributed by atoms with van der Waals surface area (Å²) in [4.78, 5) is 12.2. The third-order valence-electron chi connectivity index (χ3n) is 3.07. The van der Waals surface area contributed by atoms with Crippen LogP contribution in [-0.4, -0.2) is 32.3 Å². The van der Waals surface area contributed by atoms with Gasteiger partial charge in [0.2, 0.25) is 0 Å². The summed E-state index contributed by atoms with van der Waals surface area (Å²) in [7, 11) is 0. The van der Waals surface area contributed by atoms with E-state index in [-0.39, 0.29) is 5.82 Å². The van der Waals surface area contributed by atoms with Gasteiger partial charge in [-0.05, 0) is 19.1 Å². The van der Waals surface area contributed by atoms with E-state index in [0.717, 1.165) is 6.34 Å². The van der Waals surface area contributed by atoms with Gasteiger partial charge in [0.25, 0.3) is 0 Å². The zero-order valence-corrected chi connectivity index (χ0v) is 11.7. The van der Waals surface area contributed by atoms with Gasteiger partial charge in [-0.3, -0.25) is 5.41 Å². The fourth-order valence-electron chi connectivity index (χ4n) is 2.16. The van der Waals surface area contributed by atoms with Crippen molar-refractivity contribution in [2.24, 2.45) is 4.99 Å². The summed E-state index contributed by atoms with van der Waals surface area (Å²) in [5.74, 6) is 0.674. The number of anilines is 1. The van der Waals surface area contributed by atoms with Crippen molar-refractivity contribution >= 4 is 24.0 Å². The molecule has 0 saturated heterocycles. The molecule has 0 saturated carbocycles. The molecule has 110 valence electrons. The molecule has 2 N–H and O–H groups in total. The van der Waals surface area contributed by atoms with E-state index in [2.05, 4.69) is 25.4 Å². The molecule has 0 fully saturated rings. The van der Waals surface area contributed by atoms with Crippen molar-refractivity contribution in [1.82, 2.24) is 19.6 Å². The Morgan fingerprint density at radius 1 is 1.36 bits per heavy atom. The van der Waals surface area contributed by atoms with Crippen molar-refractivity contribution in [3.63, 3.8) is 0 Å². The summed E-state index contributed by atoms with van der Waals surface area (Å²) in [5.41, 5.74) is 1.36. The van der Waals surface area contributed by atoms with Crippen LogP contribution in [0.2, 0.25) is 0 Å². The molecule has 0 atom stereocenters. The lowest BCUT2D eigenvalue weighted by atomic mass is 10.1. The molecule has 0 bridgehead atoms. The number of benzene rings is 1. The Morgan fingerprint density at radius 3 is 2.95 bits per heavy atom. The van der Waals surface area contributed by atoms with Crippen molar-refractivity contribution in [3.05, 3.63) is 42.2 Å². The van der Waals surface area contributed by atoms with Crippen LogP contribution in [0.3, 0.4) is 0 Å². The molecule has 22 heavy (non-hydrogen) atoms. The number of imidazole rings is 1. The molecule has 0 amide bonds. The van der Waals surface area contributed by atoms with Crippen LogP contribution in [0.25, 0.3) is 16.8 Å². The summed E-state index contributed by atoms with van der Waals surface area (Å²) in [5, 5.41) is 13.9. The number of aliphatic imine (C=N–C) groups is 1. The van der Waals surface area contributed by atoms with Gasteiger partial charge in [-0.2, -0.15) is 5.10 Å². The molecule has 2 aromatic heterocycles. The molecule has 0 aliphatic rings. The second-order valence-electron chi connectivity index (χ2n) is 4.41. The van der Waals surface area contributed by atoms with Gasteiger partial charge in [-0.1, -0.05) is 12.1 Å². The highest BCUT2D eigenvalue weighted by Gasteiger charge is 2.18. The first kappa shape index (κ1) is 13.8. The number of aromatic nitrogens is 4. The Labute approximate surface area is 125 Å². The third kappa shape index (κ3) is 2.30. The van der Waals surface area contributed by atoms with Gasteiger partial charge in [0, 0.05) is 5.56 Å². The molecular formula is C14H12FN7. The topological polar surface area (TPSA) is 91.3 Å². The lowest BCUT2D eigenvalue weighted by molar-refractivity contribution is 0.631. The number of nitrogens with one attached hydrogen (secondary N) is 2. The van der Waals surface area contributed by atoms with Gasteiger partial charge in [-0.25, -0.2) is 23.9 Å². The first-order valence-corrected chi connectivity index (χ1v) is 6.44. The van der Waals surface area contributed by atoms with Gasteiger partial charge in [0.05, 0.1) is 6.34 Å². The average molecular weight is 297 g/mol. The molecule has 7 nitrogen and oxygen atoms in total. The summed E-state index contributed by atoms with van der Waals surface area (Å²) in [6.45, 7) is 1.78. The van der Waals surface area contributed by atoms with Crippen molar-refractivity contribution in [2.45, 2.75) is 6.92 Å². The minimum absolute atomic E-state index is 0.370. The molecular weight excluding hydrogens is 285 g/mol. The number of fused-ring (bicyclic) bond motifs is 1. The maximum Gasteiger partial charge on any atom is 0.161 e. The van der Waals surface area contributed by atoms with Crippen LogP contribution < -0.4 is 5.32 Å². The number of hydrogen-bond acceptors (Lipinski definition) is 4. The van der Waals surface area contributed by atoms with E-state index in [4.69, 9.17) is 5.41 Å². The minimum Gasteiger partial charge on any atom is -0.329 e. The summed E-state index contributed by atoms with van der Waals surface area (Å²) in [6.07, 6.45) is 3.58. The van der Waals surface area contributed by atoms with Gasteiger partial charge in [0.1, 0.15) is 35.5 Å². The normalized spacial score (nSPS) is 11.2. The van der Waals surface area contributed by atoms with E-state index >= 15 is 0 Å². The van der Waals surface area contributed by atoms with Crippen LogP contribution >= 0.6 is 0 Å². The standard InChI is InChI=1S/C14H12FN7/c1-9-21-12(10-4-2-3-5-11(10)15)13-14(18-7-17-6-16)19-8-20-22(9)13/h2-8H,1H3,(H2,16,17,18,19,20). The summed E-state index contributed by atoms with van der Waals surface area (Å²) >= 11 is 0. The second-order valence-corrected chi connectivity index (χ2v) is 4.41. The highest BCUT2D eigenvalue weighted by Crippen LogP contribution is 2.29. The summed E-state index contributed by atoms with van der Waals surface area (Å²) in [6, 6.07) is 6.39. The van der Waals surface area contributed by atoms with Crippen molar-refractivity contribution in [2.75, 3.05) is 5.32 Å². The maximum absolute atomic E-state index is 14.1. The van der Waals surface area contributed by atoms with E-state index in [0.29, 0.717) is 28.4 Å². The summed E-state index contributed by atoms with van der Waals surface area (Å²) < 4.78 is 15.7. The highest BCUT2D eigenvalue weighted by atomic mass is 19.1. The molecule has 3 rings (SSSR count). The zero-order valence-electron chi connectivity index (χ0n) is 11.7. The molecule has 3 aromatic rings. The largest absolute Gasteiger partial charge is 0.329 e. The number of hydrogen-bond donors (Lipinski definition) is 2. The van der Waals surface area contributed by atoms with E-state index < -0.39 is 0 Å². The van der Waals surface area contributed by atoms with Gasteiger partial charge >= 0.3 is 0 Å². The number of nitrogens with zero attached hydrogens (tertiary/aromatic N) is 5. The molecule has 0 unspecified atom stereocenters. The number of rotatable bonds is 4. The predicted octanol–water partition coefficient (Wildman–Crippen LogP) is 2.29. The van der Waals surface area contributed by atoms with Crippen molar-refractivity contribution < 1.29 is 4.39 Å². The molecule has 1 aromatic carbocycles. The maximum atomic E-state index is 14.1. The Kier molecular flexibility index (Phi) is 3.57. The monoisotopic (exact) mass is 297 g/mol. The molecule has 0 spiro atoms. The van der Waals surface area contributed by atoms with Gasteiger partial charge in [0.15, 0.2) is 5.82 Å². The van der Waals surface area contributed by atoms with Crippen molar-refractivity contribution in [3.8, 4) is 11.3 Å². The second kappa shape index (κ2) is 5.68. The fourth-order valence-corrected chi connectivity index (χ4v) is 2.16. The van der Waals surface area contributed by atoms with Gasteiger partial charge in [-0.15, -0.1) is 0 Å². The molecule has 0 aliphatic heterocycles. The Bertz CT molecular complexity index is 869. The molecule has 8 heteroatoms. The average Bonchev–Trinajstić information content (AvgIpc) is 2.86. The van der Waals surface area contributed by atoms with Gasteiger partial charge < -0.3 is 5.32 Å². The SMILES string of the molecule is Cc1nc(-c2ccccc2F)c2c(N/C=N\C=N)ncnn12. The Balaban J connectivity index is 2.25. The first-order valence-electron chi connectivity index (χ1n) is 6.44. The van der Waals surface area contributed by atoms with E-state index in [1.54, 1.807) is 29.6 Å². The van der Waals surface area contributed by atoms with Crippen LogP contribution in [-0.2, 0) is 0 Å². The highest BCUT2D eigenvalue weighted by molar-refractivity contribution is 5.92. The van der Waals surface area contributed by atoms with Crippen LogP contribution in [0.5, 0.6) is 0 Å². The molecule has 0 radical (unpaired) electrons. The van der Waals surface area contributed by atoms with E-state index in [1.807, 2.05) is 0 Å². The Hall–Kier alpha value is -3.16. The fraction of sp³-hybridized carbons (Fsp3) is 0.0714. The number of halogens is 1. The third-order valence-corrected chi connectivity index (χ3v) is 3.07. The molecule has 2 heterocycles. The van der Waals surface area contributed by atoms with Crippen LogP contribution in [0.15, 0.2) is 35.6 Å². The van der Waals surface area contributed by atoms with Crippen molar-refractivity contribution in [1.29, 1.82) is 5.41 Å². The smallest absolute Gasteiger partial charge is 0.161 e. The Morgan fingerprint density at radius 2 is 2.18 bits per heavy atom. The zero-order chi connectivity index (χ0) is 15.5. The van der Waals surface area contributed by atoms with E-state index in [9.17, 15) is 4.39 Å². The lowest BCUT2D eigenvalue weighted by Crippen LogP contribution is -2.04.